The highest BCUT2D eigenvalue weighted by atomic mass is 35.5. The first-order chi connectivity index (χ1) is 19.1. The van der Waals surface area contributed by atoms with Crippen LogP contribution in [0, 0.1) is 5.92 Å². The van der Waals surface area contributed by atoms with Crippen molar-refractivity contribution in [2.75, 3.05) is 19.7 Å². The summed E-state index contributed by atoms with van der Waals surface area (Å²) in [4.78, 5) is 2.46. The van der Waals surface area contributed by atoms with Gasteiger partial charge in [-0.25, -0.2) is 0 Å². The Bertz CT molecular complexity index is 1440. The van der Waals surface area contributed by atoms with Crippen molar-refractivity contribution in [2.45, 2.75) is 45.1 Å². The normalized spacial score (nSPS) is 20.6. The summed E-state index contributed by atoms with van der Waals surface area (Å²) < 4.78 is 35.3. The van der Waals surface area contributed by atoms with E-state index < -0.39 is 17.2 Å². The molecule has 5 rings (SSSR count). The van der Waals surface area contributed by atoms with E-state index in [2.05, 4.69) is 18.7 Å². The number of aromatic hydroxyl groups is 2. The van der Waals surface area contributed by atoms with Crippen LogP contribution in [0.3, 0.4) is 0 Å². The van der Waals surface area contributed by atoms with Gasteiger partial charge in [0.1, 0.15) is 35.7 Å². The van der Waals surface area contributed by atoms with Gasteiger partial charge < -0.3 is 24.2 Å². The van der Waals surface area contributed by atoms with Crippen LogP contribution in [0.5, 0.6) is 23.0 Å². The average Bonchev–Trinajstić information content (AvgIpc) is 3.34. The lowest BCUT2D eigenvalue weighted by Crippen LogP contribution is -2.35. The largest absolute Gasteiger partial charge is 0.772 e. The Hall–Kier alpha value is -3.04. The van der Waals surface area contributed by atoms with Crippen molar-refractivity contribution >= 4 is 33.8 Å². The Kier molecular flexibility index (Phi) is 8.42. The van der Waals surface area contributed by atoms with E-state index in [-0.39, 0.29) is 22.8 Å². The number of phenolic OH excluding ortho intramolecular Hbond substituents is 2. The third kappa shape index (κ3) is 6.15. The lowest BCUT2D eigenvalue weighted by molar-refractivity contribution is 0.169. The average molecular weight is 583 g/mol. The van der Waals surface area contributed by atoms with E-state index in [4.69, 9.17) is 21.1 Å². The number of nitrogens with zero attached hydrogens (tertiary/aromatic N) is 1. The minimum atomic E-state index is -2.37. The zero-order valence-electron chi connectivity index (χ0n) is 22.7. The minimum Gasteiger partial charge on any atom is -0.772 e. The lowest BCUT2D eigenvalue weighted by atomic mass is 9.85. The van der Waals surface area contributed by atoms with Gasteiger partial charge in [0.25, 0.3) is 0 Å². The molecule has 212 valence electrons. The summed E-state index contributed by atoms with van der Waals surface area (Å²) in [5.74, 6) is 1.50. The standard InChI is InChI=1S/C31H34ClNO6S/c1-18-8-9-33(15-18)19(2)16-38-26-6-4-21(5-7-26)31-30(22-10-24(32)13-25(34)11-22)20(3)27-14-28(35)23(17-40(36)37)12-29(27)39-31/h4-7,10-14,18-19,31,34-35H,8-9,15-17H2,1-3H3,(H,36,37)/p-1/t18-,19+,31?/m1/s1. The van der Waals surface area contributed by atoms with Crippen molar-refractivity contribution < 1.29 is 28.4 Å². The van der Waals surface area contributed by atoms with E-state index in [1.807, 2.05) is 31.2 Å². The van der Waals surface area contributed by atoms with E-state index >= 15 is 0 Å². The zero-order chi connectivity index (χ0) is 28.6. The molecular formula is C31H33ClNO6S-. The van der Waals surface area contributed by atoms with Crippen molar-refractivity contribution in [2.24, 2.45) is 5.92 Å². The molecule has 3 aromatic carbocycles. The molecular weight excluding hydrogens is 550 g/mol. The molecule has 2 aliphatic rings. The molecule has 40 heavy (non-hydrogen) atoms. The van der Waals surface area contributed by atoms with E-state index in [1.165, 1.54) is 18.6 Å². The Morgan fingerprint density at radius 3 is 2.58 bits per heavy atom. The predicted molar refractivity (Wildman–Crippen MR) is 156 cm³/mol. The first kappa shape index (κ1) is 28.5. The van der Waals surface area contributed by atoms with E-state index in [0.29, 0.717) is 34.5 Å². The third-order valence-electron chi connectivity index (χ3n) is 7.72. The van der Waals surface area contributed by atoms with Gasteiger partial charge in [-0.15, -0.1) is 0 Å². The Balaban J connectivity index is 1.47. The topological polar surface area (TPSA) is 102 Å². The van der Waals surface area contributed by atoms with Crippen LogP contribution in [0.4, 0.5) is 0 Å². The van der Waals surface area contributed by atoms with Gasteiger partial charge in [-0.3, -0.25) is 9.11 Å². The van der Waals surface area contributed by atoms with E-state index in [0.717, 1.165) is 41.5 Å². The molecule has 2 N–H and O–H groups in total. The number of rotatable bonds is 8. The van der Waals surface area contributed by atoms with Gasteiger partial charge in [0, 0.05) is 40.1 Å². The second-order valence-electron chi connectivity index (χ2n) is 10.8. The quantitative estimate of drug-likeness (QED) is 0.300. The van der Waals surface area contributed by atoms with Crippen LogP contribution in [0.1, 0.15) is 55.5 Å². The first-order valence-electron chi connectivity index (χ1n) is 13.3. The monoisotopic (exact) mass is 582 g/mol. The van der Waals surface area contributed by atoms with E-state index in [1.54, 1.807) is 18.2 Å². The van der Waals surface area contributed by atoms with Gasteiger partial charge in [0.05, 0.1) is 0 Å². The summed E-state index contributed by atoms with van der Waals surface area (Å²) in [5, 5.41) is 21.2. The molecule has 0 radical (unpaired) electrons. The van der Waals surface area contributed by atoms with Gasteiger partial charge in [-0.2, -0.15) is 0 Å². The van der Waals surface area contributed by atoms with Crippen molar-refractivity contribution in [3.8, 4) is 23.0 Å². The van der Waals surface area contributed by atoms with Crippen LogP contribution in [0.2, 0.25) is 5.02 Å². The lowest BCUT2D eigenvalue weighted by Gasteiger charge is -2.32. The third-order valence-corrected chi connectivity index (χ3v) is 8.48. The fraction of sp³-hybridized carbons (Fsp3) is 0.355. The maximum atomic E-state index is 11.3. The van der Waals surface area contributed by atoms with Gasteiger partial charge >= 0.3 is 0 Å². The highest BCUT2D eigenvalue weighted by molar-refractivity contribution is 7.78. The van der Waals surface area contributed by atoms with Crippen molar-refractivity contribution in [3.63, 3.8) is 0 Å². The summed E-state index contributed by atoms with van der Waals surface area (Å²) in [6.07, 6.45) is 0.638. The molecule has 1 saturated heterocycles. The van der Waals surface area contributed by atoms with Gasteiger partial charge in [0.15, 0.2) is 0 Å². The Morgan fingerprint density at radius 2 is 1.93 bits per heavy atom. The Morgan fingerprint density at radius 1 is 1.18 bits per heavy atom. The first-order valence-corrected chi connectivity index (χ1v) is 15.0. The van der Waals surface area contributed by atoms with Gasteiger partial charge in [-0.05, 0) is 91.9 Å². The molecule has 0 spiro atoms. The molecule has 1 fully saturated rings. The second kappa shape index (κ2) is 11.8. The molecule has 2 unspecified atom stereocenters. The van der Waals surface area contributed by atoms with Gasteiger partial charge in [-0.1, -0.05) is 41.7 Å². The number of halogens is 1. The van der Waals surface area contributed by atoms with Crippen LogP contribution in [-0.4, -0.2) is 49.6 Å². The maximum absolute atomic E-state index is 11.3. The molecule has 0 bridgehead atoms. The summed E-state index contributed by atoms with van der Waals surface area (Å²) in [6, 6.07) is 16.0. The van der Waals surface area contributed by atoms with Crippen LogP contribution in [0.25, 0.3) is 11.1 Å². The molecule has 3 aromatic rings. The number of fused-ring (bicyclic) bond motifs is 1. The highest BCUT2D eigenvalue weighted by Crippen LogP contribution is 2.49. The highest BCUT2D eigenvalue weighted by Gasteiger charge is 2.31. The smallest absolute Gasteiger partial charge is 0.150 e. The molecule has 2 heterocycles. The SMILES string of the molecule is CC1=C(c2cc(O)cc(Cl)c2)C(c2ccc(OC[C@H](C)N3CC[C@@H](C)C3)cc2)Oc2cc(CS(=O)[O-])c(O)cc21. The fourth-order valence-electron chi connectivity index (χ4n) is 5.53. The van der Waals surface area contributed by atoms with Crippen LogP contribution in [-0.2, 0) is 16.8 Å². The molecule has 2 aliphatic heterocycles. The van der Waals surface area contributed by atoms with Crippen molar-refractivity contribution in [3.05, 3.63) is 81.9 Å². The minimum absolute atomic E-state index is 0.0220. The number of hydrogen-bond acceptors (Lipinski definition) is 7. The fourth-order valence-corrected chi connectivity index (χ4v) is 6.25. The van der Waals surface area contributed by atoms with E-state index in [9.17, 15) is 19.0 Å². The number of benzene rings is 3. The number of hydrogen-bond donors (Lipinski definition) is 2. The van der Waals surface area contributed by atoms with Gasteiger partial charge in [0.2, 0.25) is 0 Å². The summed E-state index contributed by atoms with van der Waals surface area (Å²) in [6.45, 7) is 9.17. The molecule has 4 atom stereocenters. The van der Waals surface area contributed by atoms with Crippen LogP contribution in [0.15, 0.2) is 54.6 Å². The molecule has 9 heteroatoms. The number of allylic oxidation sites excluding steroid dienone is 1. The summed E-state index contributed by atoms with van der Waals surface area (Å²) in [7, 11) is 0. The second-order valence-corrected chi connectivity index (χ2v) is 12.1. The molecule has 0 saturated carbocycles. The summed E-state index contributed by atoms with van der Waals surface area (Å²) in [5.41, 5.74) is 4.00. The Labute approximate surface area is 242 Å². The number of phenols is 2. The number of likely N-dealkylation sites (tertiary alicyclic amines) is 1. The van der Waals surface area contributed by atoms with Crippen LogP contribution < -0.4 is 9.47 Å². The predicted octanol–water partition coefficient (Wildman–Crippen LogP) is 6.30. The molecule has 0 aliphatic carbocycles. The summed E-state index contributed by atoms with van der Waals surface area (Å²) >= 11 is 3.93. The van der Waals surface area contributed by atoms with Crippen molar-refractivity contribution in [1.82, 2.24) is 4.90 Å². The zero-order valence-corrected chi connectivity index (χ0v) is 24.3. The molecule has 0 amide bonds. The number of ether oxygens (including phenoxy) is 2. The molecule has 0 aromatic heterocycles. The van der Waals surface area contributed by atoms with Crippen LogP contribution >= 0.6 is 11.6 Å². The molecule has 7 nitrogen and oxygen atoms in total. The maximum Gasteiger partial charge on any atom is 0.150 e. The van der Waals surface area contributed by atoms with Crippen molar-refractivity contribution in [1.29, 1.82) is 0 Å².